The van der Waals surface area contributed by atoms with Crippen molar-refractivity contribution in [1.29, 1.82) is 0 Å². The molecule has 1 heterocycles. The minimum absolute atomic E-state index is 0. The Balaban J connectivity index is 0.00000264. The van der Waals surface area contributed by atoms with E-state index in [-0.39, 0.29) is 24.0 Å². The van der Waals surface area contributed by atoms with Gasteiger partial charge in [0.25, 0.3) is 0 Å². The monoisotopic (exact) mass is 431 g/mol. The minimum Gasteiger partial charge on any atom is -0.363 e. The number of pyridine rings is 1. The highest BCUT2D eigenvalue weighted by atomic mass is 127. The van der Waals surface area contributed by atoms with E-state index >= 15 is 0 Å². The van der Waals surface area contributed by atoms with E-state index in [1.54, 1.807) is 0 Å². The molecular weight excluding hydrogens is 401 g/mol. The van der Waals surface area contributed by atoms with Crippen LogP contribution in [-0.4, -0.2) is 38.1 Å². The molecule has 0 bridgehead atoms. The summed E-state index contributed by atoms with van der Waals surface area (Å²) in [6.07, 6.45) is 5.08. The molecule has 0 atom stereocenters. The Hall–Kier alpha value is -1.05. The molecule has 0 aromatic carbocycles. The van der Waals surface area contributed by atoms with Gasteiger partial charge in [-0.1, -0.05) is 13.0 Å². The lowest BCUT2D eigenvalue weighted by molar-refractivity contribution is 0.329. The molecule has 6 heteroatoms. The molecule has 1 saturated carbocycles. The second-order valence-corrected chi connectivity index (χ2v) is 6.41. The fourth-order valence-electron chi connectivity index (χ4n) is 2.78. The van der Waals surface area contributed by atoms with Crippen molar-refractivity contribution >= 4 is 35.8 Å². The summed E-state index contributed by atoms with van der Waals surface area (Å²) < 4.78 is 0. The zero-order chi connectivity index (χ0) is 15.9. The van der Waals surface area contributed by atoms with Crippen LogP contribution in [0, 0.1) is 5.92 Å². The van der Waals surface area contributed by atoms with Gasteiger partial charge in [-0.25, -0.2) is 4.98 Å². The van der Waals surface area contributed by atoms with Crippen molar-refractivity contribution in [3.63, 3.8) is 0 Å². The molecule has 1 fully saturated rings. The second kappa shape index (κ2) is 9.95. The van der Waals surface area contributed by atoms with E-state index in [0.29, 0.717) is 12.6 Å². The fraction of sp³-hybridized carbons (Fsp3) is 0.647. The van der Waals surface area contributed by atoms with Gasteiger partial charge in [-0.05, 0) is 43.7 Å². The fourth-order valence-corrected chi connectivity index (χ4v) is 2.78. The Morgan fingerprint density at radius 3 is 2.57 bits per heavy atom. The van der Waals surface area contributed by atoms with E-state index in [2.05, 4.69) is 27.5 Å². The molecule has 130 valence electrons. The quantitative estimate of drug-likeness (QED) is 0.437. The number of hydrogen-bond acceptors (Lipinski definition) is 3. The molecule has 1 aliphatic rings. The SMILES string of the molecule is CN=C(NCc1cccc(N(C)C)n1)NC1CCC(C)CC1.I. The van der Waals surface area contributed by atoms with E-state index in [1.165, 1.54) is 25.7 Å². The first kappa shape index (κ1) is 20.0. The first-order valence-electron chi connectivity index (χ1n) is 8.19. The van der Waals surface area contributed by atoms with Crippen LogP contribution < -0.4 is 15.5 Å². The zero-order valence-corrected chi connectivity index (χ0v) is 17.0. The lowest BCUT2D eigenvalue weighted by Gasteiger charge is -2.28. The summed E-state index contributed by atoms with van der Waals surface area (Å²) in [6.45, 7) is 3.02. The predicted molar refractivity (Wildman–Crippen MR) is 109 cm³/mol. The van der Waals surface area contributed by atoms with Crippen LogP contribution >= 0.6 is 24.0 Å². The molecule has 0 unspecified atom stereocenters. The van der Waals surface area contributed by atoms with Gasteiger partial charge >= 0.3 is 0 Å². The maximum absolute atomic E-state index is 4.62. The van der Waals surface area contributed by atoms with E-state index < -0.39 is 0 Å². The van der Waals surface area contributed by atoms with E-state index in [4.69, 9.17) is 0 Å². The number of aliphatic imine (C=N–C) groups is 1. The first-order valence-corrected chi connectivity index (χ1v) is 8.19. The highest BCUT2D eigenvalue weighted by Gasteiger charge is 2.18. The normalized spacial score (nSPS) is 21.3. The number of anilines is 1. The van der Waals surface area contributed by atoms with Crippen molar-refractivity contribution in [3.05, 3.63) is 23.9 Å². The maximum atomic E-state index is 4.62. The molecule has 5 nitrogen and oxygen atoms in total. The number of hydrogen-bond donors (Lipinski definition) is 2. The van der Waals surface area contributed by atoms with Crippen LogP contribution in [0.4, 0.5) is 5.82 Å². The van der Waals surface area contributed by atoms with Gasteiger partial charge in [0.2, 0.25) is 0 Å². The Kier molecular flexibility index (Phi) is 8.65. The van der Waals surface area contributed by atoms with Crippen LogP contribution in [0.15, 0.2) is 23.2 Å². The summed E-state index contributed by atoms with van der Waals surface area (Å²) in [6, 6.07) is 6.64. The topological polar surface area (TPSA) is 52.6 Å². The van der Waals surface area contributed by atoms with Crippen LogP contribution in [0.25, 0.3) is 0 Å². The second-order valence-electron chi connectivity index (χ2n) is 6.41. The molecular formula is C17H30IN5. The van der Waals surface area contributed by atoms with Crippen molar-refractivity contribution in [2.45, 2.75) is 45.2 Å². The van der Waals surface area contributed by atoms with Crippen LogP contribution in [0.5, 0.6) is 0 Å². The lowest BCUT2D eigenvalue weighted by Crippen LogP contribution is -2.44. The van der Waals surface area contributed by atoms with E-state index in [1.807, 2.05) is 44.2 Å². The summed E-state index contributed by atoms with van der Waals surface area (Å²) in [7, 11) is 5.83. The molecule has 1 aliphatic carbocycles. The molecule has 2 rings (SSSR count). The zero-order valence-electron chi connectivity index (χ0n) is 14.7. The molecule has 0 saturated heterocycles. The molecule has 0 spiro atoms. The third kappa shape index (κ3) is 6.53. The van der Waals surface area contributed by atoms with Gasteiger partial charge in [-0.2, -0.15) is 0 Å². The molecule has 1 aromatic rings. The highest BCUT2D eigenvalue weighted by Crippen LogP contribution is 2.23. The Morgan fingerprint density at radius 2 is 1.96 bits per heavy atom. The van der Waals surface area contributed by atoms with E-state index in [9.17, 15) is 0 Å². The number of nitrogens with one attached hydrogen (secondary N) is 2. The Labute approximate surface area is 157 Å². The van der Waals surface area contributed by atoms with Crippen molar-refractivity contribution in [1.82, 2.24) is 15.6 Å². The van der Waals surface area contributed by atoms with E-state index in [0.717, 1.165) is 23.4 Å². The van der Waals surface area contributed by atoms with Crippen molar-refractivity contribution in [2.75, 3.05) is 26.0 Å². The standard InChI is InChI=1S/C17H29N5.HI/c1-13-8-10-14(11-9-13)21-17(18-2)19-12-15-6-5-7-16(20-15)22(3)4;/h5-7,13-14H,8-12H2,1-4H3,(H2,18,19,21);1H. The number of guanidine groups is 1. The van der Waals surface area contributed by atoms with Crippen LogP contribution in [-0.2, 0) is 6.54 Å². The molecule has 23 heavy (non-hydrogen) atoms. The molecule has 0 radical (unpaired) electrons. The molecule has 0 amide bonds. The summed E-state index contributed by atoms with van der Waals surface area (Å²) in [5.41, 5.74) is 1.02. The van der Waals surface area contributed by atoms with Gasteiger partial charge in [-0.15, -0.1) is 24.0 Å². The average molecular weight is 431 g/mol. The average Bonchev–Trinajstić information content (AvgIpc) is 2.53. The van der Waals surface area contributed by atoms with Crippen LogP contribution in [0.3, 0.4) is 0 Å². The Bertz CT molecular complexity index is 496. The third-order valence-corrected chi connectivity index (χ3v) is 4.27. The summed E-state index contributed by atoms with van der Waals surface area (Å²) in [5, 5.41) is 6.90. The van der Waals surface area contributed by atoms with Gasteiger partial charge in [0.1, 0.15) is 5.82 Å². The molecule has 0 aliphatic heterocycles. The number of nitrogens with zero attached hydrogens (tertiary/aromatic N) is 3. The predicted octanol–water partition coefficient (Wildman–Crippen LogP) is 3.01. The maximum Gasteiger partial charge on any atom is 0.191 e. The number of aromatic nitrogens is 1. The summed E-state index contributed by atoms with van der Waals surface area (Å²) in [5.74, 6) is 2.71. The van der Waals surface area contributed by atoms with Gasteiger partial charge < -0.3 is 15.5 Å². The van der Waals surface area contributed by atoms with Gasteiger partial charge in [0, 0.05) is 27.2 Å². The summed E-state index contributed by atoms with van der Waals surface area (Å²) in [4.78, 5) is 11.0. The smallest absolute Gasteiger partial charge is 0.191 e. The minimum atomic E-state index is 0. The Morgan fingerprint density at radius 1 is 1.26 bits per heavy atom. The van der Waals surface area contributed by atoms with Gasteiger partial charge in [0.15, 0.2) is 5.96 Å². The molecule has 2 N–H and O–H groups in total. The highest BCUT2D eigenvalue weighted by molar-refractivity contribution is 14.0. The number of rotatable bonds is 4. The van der Waals surface area contributed by atoms with Gasteiger partial charge in [-0.3, -0.25) is 4.99 Å². The third-order valence-electron chi connectivity index (χ3n) is 4.27. The van der Waals surface area contributed by atoms with Crippen molar-refractivity contribution in [2.24, 2.45) is 10.9 Å². The summed E-state index contributed by atoms with van der Waals surface area (Å²) >= 11 is 0. The number of halogens is 1. The van der Waals surface area contributed by atoms with Gasteiger partial charge in [0.05, 0.1) is 12.2 Å². The molecule has 1 aromatic heterocycles. The van der Waals surface area contributed by atoms with Crippen molar-refractivity contribution < 1.29 is 0 Å². The lowest BCUT2D eigenvalue weighted by atomic mass is 9.87. The van der Waals surface area contributed by atoms with Crippen LogP contribution in [0.1, 0.15) is 38.3 Å². The van der Waals surface area contributed by atoms with Crippen LogP contribution in [0.2, 0.25) is 0 Å². The largest absolute Gasteiger partial charge is 0.363 e. The van der Waals surface area contributed by atoms with Crippen molar-refractivity contribution in [3.8, 4) is 0 Å². The first-order chi connectivity index (χ1) is 10.6.